The minimum Gasteiger partial charge on any atom is -0.467 e. The maximum Gasteiger partial charge on any atom is 0.347 e. The van der Waals surface area contributed by atoms with E-state index in [2.05, 4.69) is 4.74 Å². The van der Waals surface area contributed by atoms with Gasteiger partial charge in [0.05, 0.1) is 20.3 Å². The zero-order chi connectivity index (χ0) is 24.6. The number of rotatable bonds is 14. The fraction of sp³-hybridized carbons (Fsp3) is 0.333. The third-order valence-corrected chi connectivity index (χ3v) is 4.18. The van der Waals surface area contributed by atoms with Gasteiger partial charge in [-0.15, -0.1) is 0 Å². The summed E-state index contributed by atoms with van der Waals surface area (Å²) in [6.45, 7) is -1.31. The van der Waals surface area contributed by atoms with Crippen LogP contribution in [0.4, 0.5) is 0 Å². The molecule has 10 nitrogen and oxygen atoms in total. The van der Waals surface area contributed by atoms with Crippen LogP contribution in [-0.2, 0) is 60.8 Å². The van der Waals surface area contributed by atoms with Crippen LogP contribution in [0.1, 0.15) is 11.1 Å². The lowest BCUT2D eigenvalue weighted by molar-refractivity contribution is -0.174. The zero-order valence-electron chi connectivity index (χ0n) is 18.7. The molecule has 0 spiro atoms. The number of hydrogen-bond donors (Lipinski definition) is 0. The summed E-state index contributed by atoms with van der Waals surface area (Å²) in [5.41, 5.74) is 1.55. The van der Waals surface area contributed by atoms with E-state index in [0.29, 0.717) is 0 Å². The number of hydrogen-bond acceptors (Lipinski definition) is 10. The normalized spacial score (nSPS) is 11.2. The van der Waals surface area contributed by atoms with Crippen LogP contribution in [0.25, 0.3) is 0 Å². The molecule has 0 aliphatic rings. The Hall–Kier alpha value is -3.76. The van der Waals surface area contributed by atoms with Gasteiger partial charge in [0.2, 0.25) is 0 Å². The van der Waals surface area contributed by atoms with E-state index in [4.69, 9.17) is 23.7 Å². The van der Waals surface area contributed by atoms with Crippen molar-refractivity contribution in [2.45, 2.75) is 19.3 Å². The first-order valence-electron chi connectivity index (χ1n) is 10.3. The Balaban J connectivity index is 1.61. The molecule has 0 radical (unpaired) electrons. The van der Waals surface area contributed by atoms with Gasteiger partial charge >= 0.3 is 23.9 Å². The number of carbonyl (C=O) groups is 4. The minimum absolute atomic E-state index is 0.0351. The van der Waals surface area contributed by atoms with E-state index in [1.54, 1.807) is 36.4 Å². The van der Waals surface area contributed by atoms with Crippen LogP contribution in [0.2, 0.25) is 0 Å². The summed E-state index contributed by atoms with van der Waals surface area (Å²) in [7, 11) is 1.11. The third-order valence-electron chi connectivity index (χ3n) is 4.18. The highest BCUT2D eigenvalue weighted by Crippen LogP contribution is 2.05. The summed E-state index contributed by atoms with van der Waals surface area (Å²) >= 11 is 0. The lowest BCUT2D eigenvalue weighted by Crippen LogP contribution is -2.36. The van der Waals surface area contributed by atoms with Crippen LogP contribution >= 0.6 is 0 Å². The molecule has 0 saturated carbocycles. The molecule has 10 heteroatoms. The van der Waals surface area contributed by atoms with E-state index in [1.807, 2.05) is 24.3 Å². The van der Waals surface area contributed by atoms with Gasteiger partial charge in [0.25, 0.3) is 6.10 Å². The predicted octanol–water partition coefficient (Wildman–Crippen LogP) is 1.59. The quantitative estimate of drug-likeness (QED) is 0.173. The Bertz CT molecular complexity index is 914. The van der Waals surface area contributed by atoms with E-state index in [1.165, 1.54) is 0 Å². The average Bonchev–Trinajstić information content (AvgIpc) is 2.87. The van der Waals surface area contributed by atoms with Crippen molar-refractivity contribution in [2.75, 3.05) is 33.5 Å². The molecular formula is C24H26O10. The molecule has 0 unspecified atom stereocenters. The summed E-state index contributed by atoms with van der Waals surface area (Å²) in [6, 6.07) is 18.0. The number of methoxy groups -OCH3 is 1. The number of ether oxygens (including phenoxy) is 6. The second-order valence-electron chi connectivity index (χ2n) is 6.73. The van der Waals surface area contributed by atoms with Crippen LogP contribution in [0.5, 0.6) is 0 Å². The van der Waals surface area contributed by atoms with E-state index < -0.39 is 43.2 Å². The monoisotopic (exact) mass is 474 g/mol. The molecule has 182 valence electrons. The first-order valence-corrected chi connectivity index (χ1v) is 10.3. The van der Waals surface area contributed by atoms with E-state index in [-0.39, 0.29) is 26.4 Å². The molecule has 0 fully saturated rings. The van der Waals surface area contributed by atoms with E-state index >= 15 is 0 Å². The van der Waals surface area contributed by atoms with Gasteiger partial charge in [0.1, 0.15) is 19.8 Å². The highest BCUT2D eigenvalue weighted by molar-refractivity contribution is 5.98. The molecule has 2 aromatic carbocycles. The SMILES string of the molecule is COC(=O)[C@H](OCCOCC(=O)OCC(=O)OCc1ccccc1)C(=O)OCc1ccccc1. The van der Waals surface area contributed by atoms with Crippen LogP contribution in [0.3, 0.4) is 0 Å². The first kappa shape index (κ1) is 26.5. The molecule has 1 atom stereocenters. The van der Waals surface area contributed by atoms with Gasteiger partial charge in [0.15, 0.2) is 6.61 Å². The molecular weight excluding hydrogens is 448 g/mol. The van der Waals surface area contributed by atoms with E-state index in [0.717, 1.165) is 18.2 Å². The van der Waals surface area contributed by atoms with Crippen molar-refractivity contribution in [2.24, 2.45) is 0 Å². The van der Waals surface area contributed by atoms with Gasteiger partial charge in [0, 0.05) is 0 Å². The van der Waals surface area contributed by atoms with Crippen molar-refractivity contribution in [3.05, 3.63) is 71.8 Å². The maximum atomic E-state index is 12.2. The Morgan fingerprint density at radius 2 is 1.24 bits per heavy atom. The molecule has 0 heterocycles. The van der Waals surface area contributed by atoms with Gasteiger partial charge in [-0.2, -0.15) is 0 Å². The number of benzene rings is 2. The van der Waals surface area contributed by atoms with Gasteiger partial charge in [-0.1, -0.05) is 60.7 Å². The largest absolute Gasteiger partial charge is 0.467 e. The van der Waals surface area contributed by atoms with Gasteiger partial charge in [-0.25, -0.2) is 19.2 Å². The predicted molar refractivity (Wildman–Crippen MR) is 116 cm³/mol. The van der Waals surface area contributed by atoms with Crippen LogP contribution in [0, 0.1) is 0 Å². The van der Waals surface area contributed by atoms with Crippen LogP contribution in [-0.4, -0.2) is 63.5 Å². The average molecular weight is 474 g/mol. The third kappa shape index (κ3) is 10.2. The summed E-state index contributed by atoms with van der Waals surface area (Å²) in [5.74, 6) is -3.32. The van der Waals surface area contributed by atoms with Crippen molar-refractivity contribution in [3.63, 3.8) is 0 Å². The topological polar surface area (TPSA) is 124 Å². The standard InChI is InChI=1S/C24H26O10/c1-29-23(27)22(24(28)34-15-19-10-6-3-7-11-19)31-13-12-30-16-20(25)33-17-21(26)32-14-18-8-4-2-5-9-18/h2-11,22H,12-17H2,1H3/t22-/m0/s1. The summed E-state index contributed by atoms with van der Waals surface area (Å²) in [6.07, 6.45) is -1.59. The van der Waals surface area contributed by atoms with Crippen molar-refractivity contribution >= 4 is 23.9 Å². The second kappa shape index (κ2) is 15.1. The zero-order valence-corrected chi connectivity index (χ0v) is 18.7. The molecule has 34 heavy (non-hydrogen) atoms. The van der Waals surface area contributed by atoms with Crippen molar-refractivity contribution in [3.8, 4) is 0 Å². The lowest BCUT2D eigenvalue weighted by atomic mass is 10.2. The molecule has 0 amide bonds. The Kier molecular flexibility index (Phi) is 11.8. The molecule has 0 aliphatic heterocycles. The molecule has 0 aliphatic carbocycles. The summed E-state index contributed by atoms with van der Waals surface area (Å²) in [4.78, 5) is 47.3. The summed E-state index contributed by atoms with van der Waals surface area (Å²) < 4.78 is 29.7. The Morgan fingerprint density at radius 1 is 0.676 bits per heavy atom. The van der Waals surface area contributed by atoms with Crippen molar-refractivity contribution < 1.29 is 47.6 Å². The van der Waals surface area contributed by atoms with Gasteiger partial charge in [-0.05, 0) is 11.1 Å². The molecule has 2 aromatic rings. The molecule has 0 N–H and O–H groups in total. The first-order chi connectivity index (χ1) is 16.5. The fourth-order valence-electron chi connectivity index (χ4n) is 2.48. The second-order valence-corrected chi connectivity index (χ2v) is 6.73. The highest BCUT2D eigenvalue weighted by atomic mass is 16.6. The smallest absolute Gasteiger partial charge is 0.347 e. The van der Waals surface area contributed by atoms with Crippen LogP contribution < -0.4 is 0 Å². The van der Waals surface area contributed by atoms with Crippen molar-refractivity contribution in [1.29, 1.82) is 0 Å². The Morgan fingerprint density at radius 3 is 1.82 bits per heavy atom. The summed E-state index contributed by atoms with van der Waals surface area (Å²) in [5, 5.41) is 0. The fourth-order valence-corrected chi connectivity index (χ4v) is 2.48. The minimum atomic E-state index is -1.59. The van der Waals surface area contributed by atoms with E-state index in [9.17, 15) is 19.2 Å². The number of esters is 4. The number of carbonyl (C=O) groups excluding carboxylic acids is 4. The van der Waals surface area contributed by atoms with Crippen molar-refractivity contribution in [1.82, 2.24) is 0 Å². The maximum absolute atomic E-state index is 12.2. The molecule has 2 rings (SSSR count). The molecule has 0 aromatic heterocycles. The van der Waals surface area contributed by atoms with Crippen LogP contribution in [0.15, 0.2) is 60.7 Å². The highest BCUT2D eigenvalue weighted by Gasteiger charge is 2.30. The molecule has 0 saturated heterocycles. The van der Waals surface area contributed by atoms with Gasteiger partial charge < -0.3 is 28.4 Å². The lowest BCUT2D eigenvalue weighted by Gasteiger charge is -2.15. The molecule has 0 bridgehead atoms. The Labute approximate surface area is 196 Å². The van der Waals surface area contributed by atoms with Gasteiger partial charge in [-0.3, -0.25) is 0 Å².